The Balaban J connectivity index is 0.00000361. The molecule has 0 N–H and O–H groups in total. The monoisotopic (exact) mass is 503 g/mol. The number of benzene rings is 3. The summed E-state index contributed by atoms with van der Waals surface area (Å²) in [6, 6.07) is 24.9. The largest absolute Gasteiger partial charge is 0.488 e. The van der Waals surface area contributed by atoms with Crippen LogP contribution in [-0.2, 0) is 12.0 Å². The second-order valence-electron chi connectivity index (χ2n) is 10.5. The van der Waals surface area contributed by atoms with Crippen molar-refractivity contribution in [3.05, 3.63) is 107 Å². The van der Waals surface area contributed by atoms with Crippen molar-refractivity contribution in [2.75, 3.05) is 20.1 Å². The van der Waals surface area contributed by atoms with E-state index in [0.29, 0.717) is 13.0 Å². The van der Waals surface area contributed by atoms with Gasteiger partial charge < -0.3 is 9.64 Å². The van der Waals surface area contributed by atoms with Gasteiger partial charge in [-0.25, -0.2) is 0 Å². The SMILES string of the molecule is CN(CC/C=C1\c2ccccc2COc2ccccc21)CCCC(=O)c1ccc(C(C)(C)C)cc1.Cl. The maximum Gasteiger partial charge on any atom is 0.162 e. The van der Waals surface area contributed by atoms with E-state index in [2.05, 4.69) is 93.4 Å². The van der Waals surface area contributed by atoms with Crippen LogP contribution in [0.2, 0.25) is 0 Å². The molecule has 3 aromatic rings. The smallest absolute Gasteiger partial charge is 0.162 e. The molecular weight excluding hydrogens is 466 g/mol. The number of para-hydroxylation sites is 1. The first-order valence-corrected chi connectivity index (χ1v) is 12.7. The Labute approximate surface area is 222 Å². The summed E-state index contributed by atoms with van der Waals surface area (Å²) in [5, 5.41) is 0. The molecule has 0 radical (unpaired) electrons. The van der Waals surface area contributed by atoms with Crippen molar-refractivity contribution in [3.63, 3.8) is 0 Å². The van der Waals surface area contributed by atoms with Crippen LogP contribution in [0.3, 0.4) is 0 Å². The van der Waals surface area contributed by atoms with Crippen molar-refractivity contribution < 1.29 is 9.53 Å². The van der Waals surface area contributed by atoms with Crippen molar-refractivity contribution >= 4 is 23.8 Å². The van der Waals surface area contributed by atoms with E-state index in [1.807, 2.05) is 18.2 Å². The number of ether oxygens (including phenoxy) is 1. The molecule has 0 bridgehead atoms. The predicted molar refractivity (Wildman–Crippen MR) is 152 cm³/mol. The molecular formula is C32H38ClNO2. The Morgan fingerprint density at radius 2 is 1.58 bits per heavy atom. The van der Waals surface area contributed by atoms with E-state index in [4.69, 9.17) is 4.74 Å². The molecule has 1 aliphatic heterocycles. The standard InChI is InChI=1S/C32H37NO2.ClH/c1-32(2,3)26-19-17-24(18-20-26)30(34)15-10-22-33(4)21-9-14-28-27-12-6-5-11-25(27)23-35-31-16-8-7-13-29(28)31;/h5-8,11-14,16-20H,9-10,15,21-23H2,1-4H3;1H/b28-14+;. The molecule has 190 valence electrons. The second-order valence-corrected chi connectivity index (χ2v) is 10.5. The van der Waals surface area contributed by atoms with E-state index in [1.165, 1.54) is 22.3 Å². The third-order valence-corrected chi connectivity index (χ3v) is 6.74. The molecule has 3 aromatic carbocycles. The van der Waals surface area contributed by atoms with Gasteiger partial charge in [0.2, 0.25) is 0 Å². The summed E-state index contributed by atoms with van der Waals surface area (Å²) in [6.45, 7) is 9.02. The highest BCUT2D eigenvalue weighted by molar-refractivity contribution is 5.96. The van der Waals surface area contributed by atoms with Gasteiger partial charge in [0.15, 0.2) is 5.78 Å². The summed E-state index contributed by atoms with van der Waals surface area (Å²) < 4.78 is 6.08. The lowest BCUT2D eigenvalue weighted by Crippen LogP contribution is -2.21. The number of halogens is 1. The van der Waals surface area contributed by atoms with Gasteiger partial charge in [0.05, 0.1) is 0 Å². The van der Waals surface area contributed by atoms with E-state index in [1.54, 1.807) is 0 Å². The van der Waals surface area contributed by atoms with Gasteiger partial charge in [0.1, 0.15) is 12.4 Å². The number of carbonyl (C=O) groups is 1. The number of hydrogen-bond donors (Lipinski definition) is 0. The van der Waals surface area contributed by atoms with Gasteiger partial charge in [0, 0.05) is 24.1 Å². The Morgan fingerprint density at radius 3 is 2.31 bits per heavy atom. The Morgan fingerprint density at radius 1 is 0.917 bits per heavy atom. The Kier molecular flexibility index (Phi) is 9.53. The van der Waals surface area contributed by atoms with Crippen LogP contribution < -0.4 is 4.74 Å². The first kappa shape index (κ1) is 27.7. The van der Waals surface area contributed by atoms with E-state index in [0.717, 1.165) is 42.8 Å². The molecule has 0 aliphatic carbocycles. The predicted octanol–water partition coefficient (Wildman–Crippen LogP) is 7.72. The van der Waals surface area contributed by atoms with Crippen LogP contribution in [0.15, 0.2) is 78.9 Å². The molecule has 36 heavy (non-hydrogen) atoms. The summed E-state index contributed by atoms with van der Waals surface area (Å²) in [5.74, 6) is 1.17. The fourth-order valence-corrected chi connectivity index (χ4v) is 4.60. The minimum Gasteiger partial charge on any atom is -0.488 e. The Hall–Kier alpha value is -2.88. The number of Topliss-reactive ketones (excluding diaryl/α,β-unsaturated/α-hetero) is 1. The molecule has 0 aromatic heterocycles. The Bertz CT molecular complexity index is 1140. The molecule has 0 saturated heterocycles. The average Bonchev–Trinajstić information content (AvgIpc) is 3.01. The van der Waals surface area contributed by atoms with Gasteiger partial charge in [-0.3, -0.25) is 4.79 Å². The number of carbonyl (C=O) groups excluding carboxylic acids is 1. The maximum absolute atomic E-state index is 12.6. The minimum absolute atomic E-state index is 0. The molecule has 4 rings (SSSR count). The zero-order chi connectivity index (χ0) is 24.8. The van der Waals surface area contributed by atoms with Gasteiger partial charge in [-0.05, 0) is 60.2 Å². The van der Waals surface area contributed by atoms with Crippen molar-refractivity contribution in [3.8, 4) is 5.75 Å². The van der Waals surface area contributed by atoms with Crippen molar-refractivity contribution in [1.82, 2.24) is 4.90 Å². The molecule has 0 amide bonds. The number of nitrogens with zero attached hydrogens (tertiary/aromatic N) is 1. The van der Waals surface area contributed by atoms with Crippen molar-refractivity contribution in [1.29, 1.82) is 0 Å². The average molecular weight is 504 g/mol. The fraction of sp³-hybridized carbons (Fsp3) is 0.344. The first-order valence-electron chi connectivity index (χ1n) is 12.7. The van der Waals surface area contributed by atoms with Crippen molar-refractivity contribution in [2.45, 2.75) is 52.1 Å². The lowest BCUT2D eigenvalue weighted by Gasteiger charge is -2.19. The van der Waals surface area contributed by atoms with Crippen LogP contribution in [-0.4, -0.2) is 30.8 Å². The van der Waals surface area contributed by atoms with Gasteiger partial charge >= 0.3 is 0 Å². The van der Waals surface area contributed by atoms with Crippen LogP contribution in [0.5, 0.6) is 5.75 Å². The lowest BCUT2D eigenvalue weighted by molar-refractivity contribution is 0.0976. The van der Waals surface area contributed by atoms with E-state index in [-0.39, 0.29) is 23.6 Å². The summed E-state index contributed by atoms with van der Waals surface area (Å²) in [4.78, 5) is 15.0. The molecule has 0 fully saturated rings. The number of ketones is 1. The first-order chi connectivity index (χ1) is 16.8. The molecule has 1 aliphatic rings. The zero-order valence-corrected chi connectivity index (χ0v) is 22.7. The zero-order valence-electron chi connectivity index (χ0n) is 21.9. The second kappa shape index (κ2) is 12.4. The number of hydrogen-bond acceptors (Lipinski definition) is 3. The maximum atomic E-state index is 12.6. The van der Waals surface area contributed by atoms with Crippen molar-refractivity contribution in [2.24, 2.45) is 0 Å². The topological polar surface area (TPSA) is 29.5 Å². The quantitative estimate of drug-likeness (QED) is 0.295. The summed E-state index contributed by atoms with van der Waals surface area (Å²) in [5.41, 5.74) is 7.06. The minimum atomic E-state index is 0. The van der Waals surface area contributed by atoms with Crippen LogP contribution in [0, 0.1) is 0 Å². The van der Waals surface area contributed by atoms with Gasteiger partial charge in [-0.2, -0.15) is 0 Å². The summed E-state index contributed by atoms with van der Waals surface area (Å²) in [6.07, 6.45) is 4.73. The molecule has 4 heteroatoms. The molecule has 1 heterocycles. The van der Waals surface area contributed by atoms with Crippen LogP contribution in [0.4, 0.5) is 0 Å². The van der Waals surface area contributed by atoms with E-state index < -0.39 is 0 Å². The molecule has 0 spiro atoms. The van der Waals surface area contributed by atoms with Crippen LogP contribution in [0.25, 0.3) is 5.57 Å². The lowest BCUT2D eigenvalue weighted by atomic mass is 9.86. The summed E-state index contributed by atoms with van der Waals surface area (Å²) in [7, 11) is 2.14. The normalized spacial score (nSPS) is 13.9. The molecule has 0 atom stereocenters. The van der Waals surface area contributed by atoms with Crippen LogP contribution in [0.1, 0.15) is 72.6 Å². The number of rotatable bonds is 8. The van der Waals surface area contributed by atoms with Gasteiger partial charge in [0.25, 0.3) is 0 Å². The van der Waals surface area contributed by atoms with E-state index >= 15 is 0 Å². The molecule has 3 nitrogen and oxygen atoms in total. The van der Waals surface area contributed by atoms with Gasteiger partial charge in [-0.15, -0.1) is 12.4 Å². The third kappa shape index (κ3) is 6.87. The fourth-order valence-electron chi connectivity index (χ4n) is 4.60. The molecule has 0 unspecified atom stereocenters. The van der Waals surface area contributed by atoms with Crippen LogP contribution >= 0.6 is 12.4 Å². The highest BCUT2D eigenvalue weighted by atomic mass is 35.5. The third-order valence-electron chi connectivity index (χ3n) is 6.74. The van der Waals surface area contributed by atoms with E-state index in [9.17, 15) is 4.79 Å². The molecule has 0 saturated carbocycles. The highest BCUT2D eigenvalue weighted by Crippen LogP contribution is 2.36. The summed E-state index contributed by atoms with van der Waals surface area (Å²) >= 11 is 0. The highest BCUT2D eigenvalue weighted by Gasteiger charge is 2.18. The van der Waals surface area contributed by atoms with Gasteiger partial charge in [-0.1, -0.05) is 93.6 Å². The number of fused-ring (bicyclic) bond motifs is 2.